The molecule has 37 heavy (non-hydrogen) atoms. The number of benzene rings is 2. The fourth-order valence-electron chi connectivity index (χ4n) is 6.14. The quantitative estimate of drug-likeness (QED) is 0.610. The number of fused-ring (bicyclic) bond motifs is 1. The molecule has 0 bridgehead atoms. The Labute approximate surface area is 216 Å². The van der Waals surface area contributed by atoms with E-state index in [0.29, 0.717) is 24.7 Å². The zero-order valence-corrected chi connectivity index (χ0v) is 21.0. The number of rotatable bonds is 4. The maximum absolute atomic E-state index is 13.1. The fraction of sp³-hybridized carbons (Fsp3) is 0.517. The summed E-state index contributed by atoms with van der Waals surface area (Å²) in [6, 6.07) is 13.3. The van der Waals surface area contributed by atoms with Crippen LogP contribution in [0.15, 0.2) is 48.5 Å². The second-order valence-corrected chi connectivity index (χ2v) is 10.6. The van der Waals surface area contributed by atoms with Crippen molar-refractivity contribution < 1.29 is 22.8 Å². The summed E-state index contributed by atoms with van der Waals surface area (Å²) in [5.74, 6) is -0.0168. The molecule has 0 saturated carbocycles. The van der Waals surface area contributed by atoms with Gasteiger partial charge in [0.1, 0.15) is 0 Å². The number of aryl methyl sites for hydroxylation is 1. The van der Waals surface area contributed by atoms with E-state index in [1.54, 1.807) is 4.90 Å². The van der Waals surface area contributed by atoms with Crippen LogP contribution in [0.2, 0.25) is 0 Å². The van der Waals surface area contributed by atoms with E-state index < -0.39 is 11.7 Å². The van der Waals surface area contributed by atoms with Crippen LogP contribution in [0.1, 0.15) is 71.6 Å². The first kappa shape index (κ1) is 25.8. The molecule has 5 nitrogen and oxygen atoms in total. The van der Waals surface area contributed by atoms with Crippen molar-refractivity contribution in [3.05, 3.63) is 70.8 Å². The molecule has 2 amide bonds. The van der Waals surface area contributed by atoms with Crippen molar-refractivity contribution in [2.75, 3.05) is 26.2 Å². The highest BCUT2D eigenvalue weighted by Gasteiger charge is 2.34. The SMILES string of the molecule is O=C(N[C@H]1CCCc2ccccc21)C1CCN(C2CCN(C(=O)c3ccc(C(F)(F)F)cc3)CC2)CC1. The second-order valence-electron chi connectivity index (χ2n) is 10.6. The van der Waals surface area contributed by atoms with Crippen molar-refractivity contribution >= 4 is 11.8 Å². The average Bonchev–Trinajstić information content (AvgIpc) is 2.92. The fourth-order valence-corrected chi connectivity index (χ4v) is 6.14. The van der Waals surface area contributed by atoms with Gasteiger partial charge in [-0.15, -0.1) is 0 Å². The zero-order valence-electron chi connectivity index (χ0n) is 21.0. The predicted octanol–water partition coefficient (Wildman–Crippen LogP) is 5.22. The van der Waals surface area contributed by atoms with Crippen LogP contribution < -0.4 is 5.32 Å². The lowest BCUT2D eigenvalue weighted by molar-refractivity contribution is -0.137. The third kappa shape index (κ3) is 5.84. The Morgan fingerprint density at radius 2 is 1.51 bits per heavy atom. The van der Waals surface area contributed by atoms with Crippen LogP contribution in [0.3, 0.4) is 0 Å². The number of alkyl halides is 3. The Morgan fingerprint density at radius 1 is 0.838 bits per heavy atom. The maximum atomic E-state index is 13.1. The minimum atomic E-state index is -4.41. The lowest BCUT2D eigenvalue weighted by Crippen LogP contribution is -2.50. The smallest absolute Gasteiger partial charge is 0.349 e. The van der Waals surface area contributed by atoms with Gasteiger partial charge in [0.2, 0.25) is 5.91 Å². The molecule has 1 atom stereocenters. The highest BCUT2D eigenvalue weighted by atomic mass is 19.4. The van der Waals surface area contributed by atoms with Crippen molar-refractivity contribution in [2.24, 2.45) is 5.92 Å². The van der Waals surface area contributed by atoms with Gasteiger partial charge < -0.3 is 15.1 Å². The maximum Gasteiger partial charge on any atom is 0.416 e. The lowest BCUT2D eigenvalue weighted by atomic mass is 9.86. The largest absolute Gasteiger partial charge is 0.416 e. The number of nitrogens with zero attached hydrogens (tertiary/aromatic N) is 2. The number of piperidine rings is 2. The van der Waals surface area contributed by atoms with Gasteiger partial charge >= 0.3 is 6.18 Å². The molecule has 2 aliphatic heterocycles. The minimum absolute atomic E-state index is 0.0340. The predicted molar refractivity (Wildman–Crippen MR) is 135 cm³/mol. The van der Waals surface area contributed by atoms with Gasteiger partial charge in [-0.1, -0.05) is 24.3 Å². The van der Waals surface area contributed by atoms with Crippen LogP contribution in [0.25, 0.3) is 0 Å². The van der Waals surface area contributed by atoms with Gasteiger partial charge in [0.05, 0.1) is 11.6 Å². The number of carbonyl (C=O) groups excluding carboxylic acids is 2. The van der Waals surface area contributed by atoms with Gasteiger partial charge in [-0.2, -0.15) is 13.2 Å². The molecular formula is C29H34F3N3O2. The Hall–Kier alpha value is -2.87. The van der Waals surface area contributed by atoms with Crippen molar-refractivity contribution in [3.8, 4) is 0 Å². The summed E-state index contributed by atoms with van der Waals surface area (Å²) in [6.07, 6.45) is 2.11. The number of likely N-dealkylation sites (tertiary alicyclic amines) is 2. The van der Waals surface area contributed by atoms with Crippen LogP contribution in [0.5, 0.6) is 0 Å². The molecule has 1 N–H and O–H groups in total. The molecule has 8 heteroatoms. The number of halogens is 3. The van der Waals surface area contributed by atoms with Crippen LogP contribution in [0.4, 0.5) is 13.2 Å². The molecule has 2 saturated heterocycles. The first-order chi connectivity index (χ1) is 17.8. The van der Waals surface area contributed by atoms with Gasteiger partial charge in [-0.3, -0.25) is 9.59 Å². The number of amides is 2. The highest BCUT2D eigenvalue weighted by molar-refractivity contribution is 5.94. The molecule has 0 aromatic heterocycles. The summed E-state index contributed by atoms with van der Waals surface area (Å²) in [4.78, 5) is 30.0. The molecule has 5 rings (SSSR count). The molecule has 2 aromatic rings. The number of nitrogens with one attached hydrogen (secondary N) is 1. The third-order valence-electron chi connectivity index (χ3n) is 8.31. The first-order valence-corrected chi connectivity index (χ1v) is 13.4. The summed E-state index contributed by atoms with van der Waals surface area (Å²) < 4.78 is 38.4. The van der Waals surface area contributed by atoms with Gasteiger partial charge in [0.25, 0.3) is 5.91 Å². The number of hydrogen-bond donors (Lipinski definition) is 1. The Balaban J connectivity index is 1.08. The summed E-state index contributed by atoms with van der Waals surface area (Å²) in [5, 5.41) is 3.32. The zero-order chi connectivity index (χ0) is 26.0. The summed E-state index contributed by atoms with van der Waals surface area (Å²) >= 11 is 0. The molecule has 1 aliphatic carbocycles. The number of hydrogen-bond acceptors (Lipinski definition) is 3. The molecule has 2 heterocycles. The number of carbonyl (C=O) groups is 2. The van der Waals surface area contributed by atoms with Crippen LogP contribution in [-0.4, -0.2) is 53.8 Å². The molecule has 0 unspecified atom stereocenters. The van der Waals surface area contributed by atoms with Crippen LogP contribution in [-0.2, 0) is 17.4 Å². The van der Waals surface area contributed by atoms with Crippen LogP contribution in [0, 0.1) is 5.92 Å². The minimum Gasteiger partial charge on any atom is -0.349 e. The van der Waals surface area contributed by atoms with Gasteiger partial charge in [-0.25, -0.2) is 0 Å². The summed E-state index contributed by atoms with van der Waals surface area (Å²) in [6.45, 7) is 2.92. The molecule has 0 spiro atoms. The normalized spacial score (nSPS) is 21.9. The first-order valence-electron chi connectivity index (χ1n) is 13.4. The van der Waals surface area contributed by atoms with Gasteiger partial charge in [-0.05, 0) is 93.4 Å². The van der Waals surface area contributed by atoms with Crippen molar-refractivity contribution in [1.82, 2.24) is 15.1 Å². The van der Waals surface area contributed by atoms with Gasteiger partial charge in [0, 0.05) is 30.6 Å². The van der Waals surface area contributed by atoms with Crippen LogP contribution >= 0.6 is 0 Å². The standard InChI is InChI=1S/C29H34F3N3O2/c30-29(31,32)23-10-8-22(9-11-23)28(37)35-18-14-24(15-19-35)34-16-12-21(13-17-34)27(36)33-26-7-3-5-20-4-1-2-6-25(20)26/h1-2,4,6,8-11,21,24,26H,3,5,7,12-19H2,(H,33,36)/t26-/m0/s1. The van der Waals surface area contributed by atoms with E-state index in [4.69, 9.17) is 0 Å². The van der Waals surface area contributed by atoms with E-state index in [1.807, 2.05) is 6.07 Å². The Morgan fingerprint density at radius 3 is 2.19 bits per heavy atom. The second kappa shape index (κ2) is 10.9. The molecule has 198 valence electrons. The van der Waals surface area contributed by atoms with Crippen molar-refractivity contribution in [3.63, 3.8) is 0 Å². The average molecular weight is 514 g/mol. The molecule has 2 aromatic carbocycles. The van der Waals surface area contributed by atoms with E-state index >= 15 is 0 Å². The Bertz CT molecular complexity index is 1100. The van der Waals surface area contributed by atoms with Crippen molar-refractivity contribution in [1.29, 1.82) is 0 Å². The Kier molecular flexibility index (Phi) is 7.56. The molecule has 2 fully saturated rings. The van der Waals surface area contributed by atoms with E-state index in [9.17, 15) is 22.8 Å². The third-order valence-corrected chi connectivity index (χ3v) is 8.31. The van der Waals surface area contributed by atoms with E-state index in [2.05, 4.69) is 28.4 Å². The van der Waals surface area contributed by atoms with E-state index in [-0.39, 0.29) is 23.8 Å². The summed E-state index contributed by atoms with van der Waals surface area (Å²) in [7, 11) is 0. The molecular weight excluding hydrogens is 479 g/mol. The van der Waals surface area contributed by atoms with E-state index in [0.717, 1.165) is 70.2 Å². The summed E-state index contributed by atoms with van der Waals surface area (Å²) in [5.41, 5.74) is 2.15. The molecule has 3 aliphatic rings. The highest BCUT2D eigenvalue weighted by Crippen LogP contribution is 2.32. The molecule has 0 radical (unpaired) electrons. The van der Waals surface area contributed by atoms with Crippen molar-refractivity contribution in [2.45, 2.75) is 63.2 Å². The monoisotopic (exact) mass is 513 g/mol. The lowest BCUT2D eigenvalue weighted by Gasteiger charge is -2.41. The van der Waals surface area contributed by atoms with Gasteiger partial charge in [0.15, 0.2) is 0 Å². The topological polar surface area (TPSA) is 52.7 Å². The van der Waals surface area contributed by atoms with E-state index in [1.165, 1.54) is 23.3 Å².